The van der Waals surface area contributed by atoms with Crippen LogP contribution in [0.2, 0.25) is 0 Å². The summed E-state index contributed by atoms with van der Waals surface area (Å²) in [4.78, 5) is 27.9. The number of rotatable bonds is 15. The molecule has 0 unspecified atom stereocenters. The van der Waals surface area contributed by atoms with Crippen LogP contribution >= 0.6 is 11.8 Å². The molecule has 0 bridgehead atoms. The van der Waals surface area contributed by atoms with E-state index >= 15 is 0 Å². The molecule has 1 aliphatic carbocycles. The first kappa shape index (κ1) is 31.2. The van der Waals surface area contributed by atoms with Crippen LogP contribution in [0.15, 0.2) is 42.5 Å². The van der Waals surface area contributed by atoms with Crippen molar-refractivity contribution in [3.05, 3.63) is 59.2 Å². The zero-order valence-corrected chi connectivity index (χ0v) is 25.2. The molecule has 0 heterocycles. The van der Waals surface area contributed by atoms with Gasteiger partial charge in [-0.05, 0) is 92.0 Å². The second kappa shape index (κ2) is 16.1. The van der Waals surface area contributed by atoms with Crippen molar-refractivity contribution in [3.8, 4) is 11.1 Å². The fourth-order valence-electron chi connectivity index (χ4n) is 5.83. The number of aryl methyl sites for hydroxylation is 1. The first-order chi connectivity index (χ1) is 18.8. The lowest BCUT2D eigenvalue weighted by atomic mass is 9.86. The molecule has 0 aliphatic heterocycles. The summed E-state index contributed by atoms with van der Waals surface area (Å²) >= 11 is 1.58. The highest BCUT2D eigenvalue weighted by molar-refractivity contribution is 7.98. The Labute approximate surface area is 240 Å². The molecular weight excluding hydrogens is 504 g/mol. The summed E-state index contributed by atoms with van der Waals surface area (Å²) < 4.78 is 0. The Morgan fingerprint density at radius 1 is 1.08 bits per heavy atom. The fraction of sp³-hybridized carbons (Fsp3) is 0.576. The van der Waals surface area contributed by atoms with Crippen molar-refractivity contribution in [2.75, 3.05) is 18.6 Å². The lowest BCUT2D eigenvalue weighted by Gasteiger charge is -2.32. The van der Waals surface area contributed by atoms with Crippen molar-refractivity contribution in [1.29, 1.82) is 0 Å². The minimum atomic E-state index is -0.995. The van der Waals surface area contributed by atoms with Crippen molar-refractivity contribution in [1.82, 2.24) is 10.2 Å². The number of hydrogen-bond acceptors (Lipinski definition) is 4. The van der Waals surface area contributed by atoms with Gasteiger partial charge in [-0.15, -0.1) is 0 Å². The molecule has 214 valence electrons. The summed E-state index contributed by atoms with van der Waals surface area (Å²) in [7, 11) is 0. The maximum atomic E-state index is 13.4. The highest BCUT2D eigenvalue weighted by Gasteiger charge is 2.24. The molecule has 2 aromatic rings. The number of hydrogen-bond donors (Lipinski definition) is 2. The van der Waals surface area contributed by atoms with Gasteiger partial charge >= 0.3 is 5.97 Å². The van der Waals surface area contributed by atoms with Crippen LogP contribution in [0.5, 0.6) is 0 Å². The van der Waals surface area contributed by atoms with Gasteiger partial charge < -0.3 is 10.4 Å². The summed E-state index contributed by atoms with van der Waals surface area (Å²) in [5.41, 5.74) is 4.69. The first-order valence-electron chi connectivity index (χ1n) is 14.8. The number of aliphatic carboxylic acids is 1. The van der Waals surface area contributed by atoms with Crippen molar-refractivity contribution < 1.29 is 14.7 Å². The van der Waals surface area contributed by atoms with Gasteiger partial charge in [-0.25, -0.2) is 4.79 Å². The Bertz CT molecular complexity index is 1070. The van der Waals surface area contributed by atoms with Gasteiger partial charge in [0.25, 0.3) is 5.91 Å². The minimum absolute atomic E-state index is 0.332. The monoisotopic (exact) mass is 552 g/mol. The van der Waals surface area contributed by atoms with Crippen LogP contribution < -0.4 is 5.32 Å². The third-order valence-electron chi connectivity index (χ3n) is 8.24. The summed E-state index contributed by atoms with van der Waals surface area (Å²) in [6.45, 7) is 8.60. The van der Waals surface area contributed by atoms with Crippen LogP contribution in [0.25, 0.3) is 11.1 Å². The highest BCUT2D eigenvalue weighted by atomic mass is 32.2. The molecule has 1 saturated carbocycles. The molecule has 2 N–H and O–H groups in total. The number of amides is 1. The predicted octanol–water partition coefficient (Wildman–Crippen LogP) is 7.56. The number of carboxylic acid groups (broad SMARTS) is 1. The largest absolute Gasteiger partial charge is 0.480 e. The molecule has 2 atom stereocenters. The Balaban J connectivity index is 1.89. The highest BCUT2D eigenvalue weighted by Crippen LogP contribution is 2.30. The quantitative estimate of drug-likeness (QED) is 0.239. The maximum Gasteiger partial charge on any atom is 0.326 e. The van der Waals surface area contributed by atoms with Crippen LogP contribution in [-0.4, -0.2) is 52.5 Å². The van der Waals surface area contributed by atoms with E-state index in [4.69, 9.17) is 0 Å². The fourth-order valence-corrected chi connectivity index (χ4v) is 6.30. The van der Waals surface area contributed by atoms with E-state index in [1.165, 1.54) is 50.5 Å². The molecule has 1 amide bonds. The van der Waals surface area contributed by atoms with E-state index in [1.54, 1.807) is 11.8 Å². The van der Waals surface area contributed by atoms with Gasteiger partial charge in [-0.2, -0.15) is 11.8 Å². The van der Waals surface area contributed by atoms with Gasteiger partial charge in [-0.3, -0.25) is 9.69 Å². The summed E-state index contributed by atoms with van der Waals surface area (Å²) in [6.07, 6.45) is 12.8. The Morgan fingerprint density at radius 2 is 1.82 bits per heavy atom. The number of carbonyl (C=O) groups is 2. The van der Waals surface area contributed by atoms with Crippen LogP contribution in [-0.2, 0) is 11.3 Å². The smallest absolute Gasteiger partial charge is 0.326 e. The van der Waals surface area contributed by atoms with Crippen molar-refractivity contribution in [3.63, 3.8) is 0 Å². The zero-order valence-electron chi connectivity index (χ0n) is 24.4. The molecule has 3 rings (SSSR count). The zero-order chi connectivity index (χ0) is 28.2. The molecule has 0 saturated heterocycles. The number of carbonyl (C=O) groups excluding carboxylic acids is 1. The van der Waals surface area contributed by atoms with Crippen molar-refractivity contribution in [2.45, 2.75) is 97.2 Å². The average molecular weight is 553 g/mol. The SMILES string of the molecule is CCC[C@H](C)N(CCC1CCCCC1)Cc1ccc(C(=O)N[C@@H](CCSC)C(=O)O)c(-c2ccccc2C)c1. The average Bonchev–Trinajstić information content (AvgIpc) is 2.93. The van der Waals surface area contributed by atoms with Crippen LogP contribution in [0.3, 0.4) is 0 Å². The number of thioether (sulfide) groups is 1. The molecule has 1 fully saturated rings. The molecule has 39 heavy (non-hydrogen) atoms. The topological polar surface area (TPSA) is 69.6 Å². The van der Waals surface area contributed by atoms with E-state index in [2.05, 4.69) is 49.2 Å². The van der Waals surface area contributed by atoms with Gasteiger partial charge in [0.2, 0.25) is 0 Å². The van der Waals surface area contributed by atoms with E-state index in [-0.39, 0.29) is 5.91 Å². The molecular formula is C33H48N2O3S. The molecule has 0 radical (unpaired) electrons. The molecule has 1 aliphatic rings. The lowest BCUT2D eigenvalue weighted by molar-refractivity contribution is -0.139. The van der Waals surface area contributed by atoms with Crippen LogP contribution in [0.4, 0.5) is 0 Å². The number of nitrogens with one attached hydrogen (secondary N) is 1. The number of nitrogens with zero attached hydrogens (tertiary/aromatic N) is 1. The number of carboxylic acids is 1. The second-order valence-corrected chi connectivity index (χ2v) is 12.2. The summed E-state index contributed by atoms with van der Waals surface area (Å²) in [5.74, 6) is 0.191. The predicted molar refractivity (Wildman–Crippen MR) is 164 cm³/mol. The van der Waals surface area contributed by atoms with Gasteiger partial charge in [0.1, 0.15) is 6.04 Å². The van der Waals surface area contributed by atoms with Gasteiger partial charge in [0.15, 0.2) is 0 Å². The van der Waals surface area contributed by atoms with Crippen molar-refractivity contribution in [2.24, 2.45) is 5.92 Å². The Kier molecular flexibility index (Phi) is 12.9. The molecule has 0 spiro atoms. The normalized spacial score (nSPS) is 15.7. The van der Waals surface area contributed by atoms with E-state index in [0.717, 1.165) is 42.1 Å². The van der Waals surface area contributed by atoms with Gasteiger partial charge in [-0.1, -0.05) is 75.8 Å². The summed E-state index contributed by atoms with van der Waals surface area (Å²) in [6, 6.07) is 13.8. The molecule has 2 aromatic carbocycles. The minimum Gasteiger partial charge on any atom is -0.480 e. The molecule has 6 heteroatoms. The van der Waals surface area contributed by atoms with E-state index in [0.29, 0.717) is 23.8 Å². The standard InChI is InChI=1S/C33H48N2O3S/c1-5-11-25(3)35(20-18-26-13-7-6-8-14-26)23-27-16-17-29(30(22-27)28-15-10-9-12-24(28)2)32(36)34-31(33(37)38)19-21-39-4/h9-10,12,15-17,22,25-26,31H,5-8,11,13-14,18-21,23H2,1-4H3,(H,34,36)(H,37,38)/t25-,31-/m0/s1. The van der Waals surface area contributed by atoms with Gasteiger partial charge in [0, 0.05) is 18.2 Å². The number of benzene rings is 2. The van der Waals surface area contributed by atoms with Crippen LogP contribution in [0.1, 0.15) is 93.1 Å². The second-order valence-electron chi connectivity index (χ2n) is 11.2. The van der Waals surface area contributed by atoms with Crippen LogP contribution in [0, 0.1) is 12.8 Å². The van der Waals surface area contributed by atoms with Gasteiger partial charge in [0.05, 0.1) is 0 Å². The molecule has 5 nitrogen and oxygen atoms in total. The Hall–Kier alpha value is -2.31. The third-order valence-corrected chi connectivity index (χ3v) is 8.89. The Morgan fingerprint density at radius 3 is 2.49 bits per heavy atom. The van der Waals surface area contributed by atoms with E-state index < -0.39 is 12.0 Å². The summed E-state index contributed by atoms with van der Waals surface area (Å²) in [5, 5.41) is 12.5. The van der Waals surface area contributed by atoms with Crippen molar-refractivity contribution >= 4 is 23.6 Å². The first-order valence-corrected chi connectivity index (χ1v) is 16.2. The lowest BCUT2D eigenvalue weighted by Crippen LogP contribution is -2.41. The van der Waals surface area contributed by atoms with E-state index in [9.17, 15) is 14.7 Å². The molecule has 0 aromatic heterocycles. The maximum absolute atomic E-state index is 13.4. The van der Waals surface area contributed by atoms with E-state index in [1.807, 2.05) is 30.5 Å². The third kappa shape index (κ3) is 9.39.